The van der Waals surface area contributed by atoms with E-state index < -0.39 is 0 Å². The molecule has 2 rings (SSSR count). The number of hydrogen-bond acceptors (Lipinski definition) is 4. The molecule has 1 aromatic rings. The summed E-state index contributed by atoms with van der Waals surface area (Å²) in [7, 11) is 0. The van der Waals surface area contributed by atoms with Gasteiger partial charge in [-0.1, -0.05) is 0 Å². The molecule has 0 saturated carbocycles. The molecule has 0 spiro atoms. The van der Waals surface area contributed by atoms with E-state index in [9.17, 15) is 5.11 Å². The van der Waals surface area contributed by atoms with E-state index in [2.05, 4.69) is 10.3 Å². The summed E-state index contributed by atoms with van der Waals surface area (Å²) in [5.74, 6) is 1.47. The van der Waals surface area contributed by atoms with Crippen molar-refractivity contribution < 1.29 is 9.52 Å². The Balaban J connectivity index is 2.24. The van der Waals surface area contributed by atoms with Crippen LogP contribution in [0.4, 0.5) is 0 Å². The Kier molecular flexibility index (Phi) is 2.56. The van der Waals surface area contributed by atoms with Crippen LogP contribution < -0.4 is 5.32 Å². The van der Waals surface area contributed by atoms with Gasteiger partial charge in [0.1, 0.15) is 11.5 Å². The van der Waals surface area contributed by atoms with Crippen molar-refractivity contribution in [2.24, 2.45) is 0 Å². The summed E-state index contributed by atoms with van der Waals surface area (Å²) in [5.41, 5.74) is 0.856. The summed E-state index contributed by atoms with van der Waals surface area (Å²) in [5, 5.41) is 13.1. The molecule has 0 aliphatic carbocycles. The highest BCUT2D eigenvalue weighted by Crippen LogP contribution is 2.25. The van der Waals surface area contributed by atoms with Crippen LogP contribution in [0.1, 0.15) is 36.2 Å². The first kappa shape index (κ1) is 9.68. The van der Waals surface area contributed by atoms with Crippen LogP contribution in [-0.2, 0) is 0 Å². The van der Waals surface area contributed by atoms with E-state index in [1.807, 2.05) is 13.8 Å². The van der Waals surface area contributed by atoms with Crippen LogP contribution in [0.25, 0.3) is 0 Å². The minimum Gasteiger partial charge on any atom is -0.446 e. The first-order valence-electron chi connectivity index (χ1n) is 5.04. The van der Waals surface area contributed by atoms with E-state index in [1.165, 1.54) is 0 Å². The molecule has 2 atom stereocenters. The van der Waals surface area contributed by atoms with Crippen molar-refractivity contribution in [3.8, 4) is 0 Å². The zero-order chi connectivity index (χ0) is 10.1. The molecule has 0 bridgehead atoms. The number of aryl methyl sites for hydroxylation is 2. The Bertz CT molecular complexity index is 322. The Morgan fingerprint density at radius 1 is 1.50 bits per heavy atom. The molecular weight excluding hydrogens is 180 g/mol. The van der Waals surface area contributed by atoms with Crippen LogP contribution >= 0.6 is 0 Å². The molecule has 0 radical (unpaired) electrons. The molecule has 1 fully saturated rings. The second kappa shape index (κ2) is 3.71. The van der Waals surface area contributed by atoms with Gasteiger partial charge in [0.05, 0.1) is 12.1 Å². The summed E-state index contributed by atoms with van der Waals surface area (Å²) < 4.78 is 5.35. The van der Waals surface area contributed by atoms with Gasteiger partial charge in [-0.05, 0) is 26.3 Å². The first-order chi connectivity index (χ1) is 6.68. The topological polar surface area (TPSA) is 58.3 Å². The fourth-order valence-corrected chi connectivity index (χ4v) is 1.98. The summed E-state index contributed by atoms with van der Waals surface area (Å²) in [4.78, 5) is 4.30. The zero-order valence-electron chi connectivity index (χ0n) is 8.58. The van der Waals surface area contributed by atoms with Crippen LogP contribution in [0.15, 0.2) is 4.42 Å². The Labute approximate surface area is 83.3 Å². The van der Waals surface area contributed by atoms with Crippen molar-refractivity contribution in [1.29, 1.82) is 0 Å². The minimum atomic E-state index is -0.341. The van der Waals surface area contributed by atoms with E-state index >= 15 is 0 Å². The molecule has 1 saturated heterocycles. The molecule has 78 valence electrons. The first-order valence-corrected chi connectivity index (χ1v) is 5.04. The molecule has 4 heteroatoms. The summed E-state index contributed by atoms with van der Waals surface area (Å²) in [6.45, 7) is 4.65. The van der Waals surface area contributed by atoms with Crippen molar-refractivity contribution >= 4 is 0 Å². The molecule has 1 aromatic heterocycles. The number of hydrogen-bond donors (Lipinski definition) is 2. The van der Waals surface area contributed by atoms with Crippen molar-refractivity contribution in [2.45, 2.75) is 38.8 Å². The summed E-state index contributed by atoms with van der Waals surface area (Å²) in [6, 6.07) is -0.0544. The third-order valence-electron chi connectivity index (χ3n) is 2.66. The highest BCUT2D eigenvalue weighted by atomic mass is 16.4. The quantitative estimate of drug-likeness (QED) is 0.705. The fourth-order valence-electron chi connectivity index (χ4n) is 1.98. The molecule has 2 unspecified atom stereocenters. The standard InChI is InChI=1S/C10H16N2O2/c1-6-9(12-7(2)14-6)10-8(13)4-3-5-11-10/h8,10-11,13H,3-5H2,1-2H3. The fraction of sp³-hybridized carbons (Fsp3) is 0.700. The number of aromatic nitrogens is 1. The van der Waals surface area contributed by atoms with Gasteiger partial charge in [-0.15, -0.1) is 0 Å². The van der Waals surface area contributed by atoms with Gasteiger partial charge in [-0.2, -0.15) is 0 Å². The third kappa shape index (κ3) is 1.67. The highest BCUT2D eigenvalue weighted by molar-refractivity contribution is 5.15. The number of rotatable bonds is 1. The van der Waals surface area contributed by atoms with Gasteiger partial charge in [0.25, 0.3) is 0 Å². The molecule has 0 amide bonds. The van der Waals surface area contributed by atoms with Crippen molar-refractivity contribution in [2.75, 3.05) is 6.54 Å². The Morgan fingerprint density at radius 2 is 2.29 bits per heavy atom. The highest BCUT2D eigenvalue weighted by Gasteiger charge is 2.28. The van der Waals surface area contributed by atoms with Crippen molar-refractivity contribution in [1.82, 2.24) is 10.3 Å². The van der Waals surface area contributed by atoms with E-state index in [0.29, 0.717) is 5.89 Å². The van der Waals surface area contributed by atoms with Gasteiger partial charge in [0.2, 0.25) is 0 Å². The summed E-state index contributed by atoms with van der Waals surface area (Å²) in [6.07, 6.45) is 1.52. The predicted molar refractivity (Wildman–Crippen MR) is 52.0 cm³/mol. The second-order valence-electron chi connectivity index (χ2n) is 3.82. The number of nitrogens with zero attached hydrogens (tertiary/aromatic N) is 1. The van der Waals surface area contributed by atoms with Gasteiger partial charge in [0.15, 0.2) is 5.89 Å². The number of aliphatic hydroxyl groups excluding tert-OH is 1. The predicted octanol–water partition coefficient (Wildman–Crippen LogP) is 1.08. The monoisotopic (exact) mass is 196 g/mol. The largest absolute Gasteiger partial charge is 0.446 e. The van der Waals surface area contributed by atoms with Gasteiger partial charge < -0.3 is 14.8 Å². The second-order valence-corrected chi connectivity index (χ2v) is 3.82. The molecule has 1 aliphatic rings. The van der Waals surface area contributed by atoms with Crippen LogP contribution in [0, 0.1) is 13.8 Å². The van der Waals surface area contributed by atoms with E-state index in [4.69, 9.17) is 4.42 Å². The Morgan fingerprint density at radius 3 is 2.86 bits per heavy atom. The van der Waals surface area contributed by atoms with E-state index in [1.54, 1.807) is 0 Å². The normalized spacial score (nSPS) is 27.9. The SMILES string of the molecule is Cc1nc(C2NCCCC2O)c(C)o1. The maximum Gasteiger partial charge on any atom is 0.191 e. The van der Waals surface area contributed by atoms with Crippen LogP contribution in [-0.4, -0.2) is 22.7 Å². The molecule has 2 N–H and O–H groups in total. The number of piperidine rings is 1. The smallest absolute Gasteiger partial charge is 0.191 e. The third-order valence-corrected chi connectivity index (χ3v) is 2.66. The number of aliphatic hydroxyl groups is 1. The molecule has 14 heavy (non-hydrogen) atoms. The molecule has 0 aromatic carbocycles. The van der Waals surface area contributed by atoms with Crippen LogP contribution in [0.5, 0.6) is 0 Å². The average Bonchev–Trinajstić information content (AvgIpc) is 2.46. The van der Waals surface area contributed by atoms with Gasteiger partial charge in [0, 0.05) is 6.92 Å². The molecule has 4 nitrogen and oxygen atoms in total. The van der Waals surface area contributed by atoms with Gasteiger partial charge >= 0.3 is 0 Å². The van der Waals surface area contributed by atoms with Gasteiger partial charge in [-0.25, -0.2) is 4.98 Å². The average molecular weight is 196 g/mol. The van der Waals surface area contributed by atoms with Crippen LogP contribution in [0.3, 0.4) is 0 Å². The lowest BCUT2D eigenvalue weighted by Gasteiger charge is -2.27. The molecule has 2 heterocycles. The number of oxazole rings is 1. The van der Waals surface area contributed by atoms with Crippen molar-refractivity contribution in [3.05, 3.63) is 17.3 Å². The lowest BCUT2D eigenvalue weighted by atomic mass is 9.98. The number of nitrogens with one attached hydrogen (secondary N) is 1. The maximum absolute atomic E-state index is 9.81. The van der Waals surface area contributed by atoms with Gasteiger partial charge in [-0.3, -0.25) is 0 Å². The molecular formula is C10H16N2O2. The van der Waals surface area contributed by atoms with E-state index in [-0.39, 0.29) is 12.1 Å². The van der Waals surface area contributed by atoms with Crippen LogP contribution in [0.2, 0.25) is 0 Å². The lowest BCUT2D eigenvalue weighted by Crippen LogP contribution is -2.38. The van der Waals surface area contributed by atoms with E-state index in [0.717, 1.165) is 30.8 Å². The molecule has 1 aliphatic heterocycles. The summed E-state index contributed by atoms with van der Waals surface area (Å²) >= 11 is 0. The lowest BCUT2D eigenvalue weighted by molar-refractivity contribution is 0.0942. The maximum atomic E-state index is 9.81. The Hall–Kier alpha value is -0.870. The minimum absolute atomic E-state index is 0.0544. The van der Waals surface area contributed by atoms with Crippen molar-refractivity contribution in [3.63, 3.8) is 0 Å². The zero-order valence-corrected chi connectivity index (χ0v) is 8.58.